The first-order valence-corrected chi connectivity index (χ1v) is 11.0. The number of carbonyl (C=O) groups is 1. The molecule has 1 N–H and O–H groups in total. The molecule has 0 aliphatic rings. The molecule has 0 saturated carbocycles. The van der Waals surface area contributed by atoms with Crippen molar-refractivity contribution in [3.05, 3.63) is 70.1 Å². The molecular weight excluding hydrogens is 426 g/mol. The zero-order chi connectivity index (χ0) is 22.7. The van der Waals surface area contributed by atoms with Crippen LogP contribution in [0.1, 0.15) is 12.5 Å². The van der Waals surface area contributed by atoms with Gasteiger partial charge in [-0.1, -0.05) is 31.2 Å². The van der Waals surface area contributed by atoms with Gasteiger partial charge in [0.1, 0.15) is 11.4 Å². The number of methoxy groups -OCH3 is 2. The molecule has 2 heterocycles. The number of aryl methyl sites for hydroxylation is 1. The van der Waals surface area contributed by atoms with Crippen LogP contribution in [0.15, 0.2) is 59.0 Å². The predicted octanol–water partition coefficient (Wildman–Crippen LogP) is 4.34. The Hall–Kier alpha value is -3.65. The largest absolute Gasteiger partial charge is 0.493 e. The van der Waals surface area contributed by atoms with E-state index in [1.807, 2.05) is 17.5 Å². The normalized spacial score (nSPS) is 10.8. The summed E-state index contributed by atoms with van der Waals surface area (Å²) in [5, 5.41) is 5.25. The van der Waals surface area contributed by atoms with Gasteiger partial charge in [0.25, 0.3) is 5.56 Å². The minimum Gasteiger partial charge on any atom is -0.493 e. The van der Waals surface area contributed by atoms with Crippen molar-refractivity contribution in [2.75, 3.05) is 19.5 Å². The SMILES string of the molecule is CCc1ccc(-c2csc3ncn(CC(=O)Nc4ccc(OC)c(OC)c4)c(=O)c23)cc1. The molecular formula is C24H23N3O4S. The highest BCUT2D eigenvalue weighted by Crippen LogP contribution is 2.31. The molecule has 0 fully saturated rings. The minimum absolute atomic E-state index is 0.153. The zero-order valence-corrected chi connectivity index (χ0v) is 18.9. The average Bonchev–Trinajstić information content (AvgIpc) is 3.25. The van der Waals surface area contributed by atoms with Crippen LogP contribution < -0.4 is 20.3 Å². The van der Waals surface area contributed by atoms with Gasteiger partial charge < -0.3 is 14.8 Å². The highest BCUT2D eigenvalue weighted by Gasteiger charge is 2.15. The Balaban J connectivity index is 1.60. The first kappa shape index (κ1) is 21.6. The minimum atomic E-state index is -0.343. The first-order valence-electron chi connectivity index (χ1n) is 10.1. The van der Waals surface area contributed by atoms with Gasteiger partial charge in [-0.25, -0.2) is 4.98 Å². The third-order valence-electron chi connectivity index (χ3n) is 5.22. The molecule has 164 valence electrons. The molecule has 1 amide bonds. The lowest BCUT2D eigenvalue weighted by Crippen LogP contribution is -2.27. The molecule has 0 aliphatic carbocycles. The van der Waals surface area contributed by atoms with Crippen LogP contribution in [0.5, 0.6) is 11.5 Å². The van der Waals surface area contributed by atoms with E-state index in [2.05, 4.69) is 29.4 Å². The third kappa shape index (κ3) is 4.22. The van der Waals surface area contributed by atoms with E-state index in [0.717, 1.165) is 17.5 Å². The number of hydrogen-bond acceptors (Lipinski definition) is 6. The van der Waals surface area contributed by atoms with Crippen LogP contribution in [-0.4, -0.2) is 29.7 Å². The molecule has 0 aliphatic heterocycles. The molecule has 0 saturated heterocycles. The van der Waals surface area contributed by atoms with E-state index < -0.39 is 0 Å². The number of aromatic nitrogens is 2. The van der Waals surface area contributed by atoms with Crippen LogP contribution in [-0.2, 0) is 17.8 Å². The number of fused-ring (bicyclic) bond motifs is 1. The van der Waals surface area contributed by atoms with E-state index in [4.69, 9.17) is 9.47 Å². The van der Waals surface area contributed by atoms with E-state index in [1.165, 1.54) is 34.9 Å². The summed E-state index contributed by atoms with van der Waals surface area (Å²) in [6.45, 7) is 1.95. The number of amides is 1. The van der Waals surface area contributed by atoms with E-state index in [0.29, 0.717) is 27.4 Å². The summed E-state index contributed by atoms with van der Waals surface area (Å²) < 4.78 is 11.8. The number of ether oxygens (including phenoxy) is 2. The third-order valence-corrected chi connectivity index (χ3v) is 6.10. The molecule has 4 aromatic rings. The van der Waals surface area contributed by atoms with Crippen LogP contribution in [0, 0.1) is 0 Å². The van der Waals surface area contributed by atoms with Gasteiger partial charge in [-0.15, -0.1) is 11.3 Å². The molecule has 7 nitrogen and oxygen atoms in total. The molecule has 4 rings (SSSR count). The van der Waals surface area contributed by atoms with Gasteiger partial charge in [0, 0.05) is 22.7 Å². The van der Waals surface area contributed by atoms with Crippen LogP contribution in [0.2, 0.25) is 0 Å². The molecule has 2 aromatic carbocycles. The summed E-state index contributed by atoms with van der Waals surface area (Å²) in [5.74, 6) is 0.723. The van der Waals surface area contributed by atoms with Gasteiger partial charge in [0.15, 0.2) is 11.5 Å². The van der Waals surface area contributed by atoms with Gasteiger partial charge in [-0.2, -0.15) is 0 Å². The summed E-state index contributed by atoms with van der Waals surface area (Å²) in [6.07, 6.45) is 2.37. The topological polar surface area (TPSA) is 82.5 Å². The van der Waals surface area contributed by atoms with E-state index in [9.17, 15) is 9.59 Å². The fourth-order valence-corrected chi connectivity index (χ4v) is 4.39. The number of benzene rings is 2. The summed E-state index contributed by atoms with van der Waals surface area (Å²) >= 11 is 1.42. The lowest BCUT2D eigenvalue weighted by molar-refractivity contribution is -0.116. The Kier molecular flexibility index (Phi) is 6.23. The van der Waals surface area contributed by atoms with Crippen LogP contribution in [0.4, 0.5) is 5.69 Å². The summed E-state index contributed by atoms with van der Waals surface area (Å²) in [7, 11) is 3.07. The summed E-state index contributed by atoms with van der Waals surface area (Å²) in [5.41, 5.74) is 3.32. The Bertz CT molecular complexity index is 1330. The highest BCUT2D eigenvalue weighted by atomic mass is 32.1. The number of anilines is 1. The maximum atomic E-state index is 13.2. The Morgan fingerprint density at radius 3 is 2.53 bits per heavy atom. The maximum absolute atomic E-state index is 13.2. The number of nitrogens with one attached hydrogen (secondary N) is 1. The highest BCUT2D eigenvalue weighted by molar-refractivity contribution is 7.17. The van der Waals surface area contributed by atoms with Crippen molar-refractivity contribution in [2.24, 2.45) is 0 Å². The van der Waals surface area contributed by atoms with Crippen molar-refractivity contribution in [1.29, 1.82) is 0 Å². The van der Waals surface area contributed by atoms with E-state index >= 15 is 0 Å². The fraction of sp³-hybridized carbons (Fsp3) is 0.208. The number of hydrogen-bond donors (Lipinski definition) is 1. The molecule has 8 heteroatoms. The van der Waals surface area contributed by atoms with Gasteiger partial charge in [-0.3, -0.25) is 14.2 Å². The van der Waals surface area contributed by atoms with Crippen molar-refractivity contribution in [2.45, 2.75) is 19.9 Å². The second-order valence-electron chi connectivity index (χ2n) is 7.18. The Labute approximate surface area is 189 Å². The van der Waals surface area contributed by atoms with E-state index in [1.54, 1.807) is 25.3 Å². The first-order chi connectivity index (χ1) is 15.5. The quantitative estimate of drug-likeness (QED) is 0.454. The number of rotatable bonds is 7. The second-order valence-corrected chi connectivity index (χ2v) is 8.03. The standard InChI is InChI=1S/C24H23N3O4S/c1-4-15-5-7-16(8-6-15)18-13-32-23-22(18)24(29)27(14-25-23)12-21(28)26-17-9-10-19(30-2)20(11-17)31-3/h5-11,13-14H,4,12H2,1-3H3,(H,26,28). The Morgan fingerprint density at radius 2 is 1.84 bits per heavy atom. The number of thiophene rings is 1. The predicted molar refractivity (Wildman–Crippen MR) is 127 cm³/mol. The van der Waals surface area contributed by atoms with Crippen molar-refractivity contribution in [1.82, 2.24) is 9.55 Å². The van der Waals surface area contributed by atoms with Crippen LogP contribution in [0.25, 0.3) is 21.3 Å². The smallest absolute Gasteiger partial charge is 0.263 e. The number of nitrogens with zero attached hydrogens (tertiary/aromatic N) is 2. The van der Waals surface area contributed by atoms with Gasteiger partial charge in [0.2, 0.25) is 5.91 Å². The zero-order valence-electron chi connectivity index (χ0n) is 18.0. The lowest BCUT2D eigenvalue weighted by Gasteiger charge is -2.11. The van der Waals surface area contributed by atoms with E-state index in [-0.39, 0.29) is 18.0 Å². The Morgan fingerprint density at radius 1 is 1.09 bits per heavy atom. The molecule has 0 atom stereocenters. The van der Waals surface area contributed by atoms with Crippen molar-refractivity contribution >= 4 is 33.1 Å². The molecule has 0 radical (unpaired) electrons. The van der Waals surface area contributed by atoms with Gasteiger partial charge >= 0.3 is 0 Å². The molecule has 0 unspecified atom stereocenters. The van der Waals surface area contributed by atoms with Crippen molar-refractivity contribution < 1.29 is 14.3 Å². The van der Waals surface area contributed by atoms with Gasteiger partial charge in [-0.05, 0) is 29.7 Å². The second kappa shape index (κ2) is 9.23. The van der Waals surface area contributed by atoms with Crippen molar-refractivity contribution in [3.63, 3.8) is 0 Å². The molecule has 0 bridgehead atoms. The van der Waals surface area contributed by atoms with Crippen LogP contribution >= 0.6 is 11.3 Å². The number of carbonyl (C=O) groups excluding carboxylic acids is 1. The van der Waals surface area contributed by atoms with Crippen LogP contribution in [0.3, 0.4) is 0 Å². The molecule has 32 heavy (non-hydrogen) atoms. The molecule has 2 aromatic heterocycles. The van der Waals surface area contributed by atoms with Crippen molar-refractivity contribution in [3.8, 4) is 22.6 Å². The molecule has 0 spiro atoms. The monoisotopic (exact) mass is 449 g/mol. The van der Waals surface area contributed by atoms with Gasteiger partial charge in [0.05, 0.1) is 25.9 Å². The lowest BCUT2D eigenvalue weighted by atomic mass is 10.0. The maximum Gasteiger partial charge on any atom is 0.263 e. The summed E-state index contributed by atoms with van der Waals surface area (Å²) in [6, 6.07) is 13.2. The fourth-order valence-electron chi connectivity index (χ4n) is 3.48. The summed E-state index contributed by atoms with van der Waals surface area (Å²) in [4.78, 5) is 30.9. The average molecular weight is 450 g/mol.